The number of hydrogen-bond acceptors (Lipinski definition) is 7. The number of nitrogens with zero attached hydrogens (tertiary/aromatic N) is 3. The second-order valence-corrected chi connectivity index (χ2v) is 7.60. The summed E-state index contributed by atoms with van der Waals surface area (Å²) in [5.41, 5.74) is 2.47. The number of thiophene rings is 1. The van der Waals surface area contributed by atoms with Crippen molar-refractivity contribution in [2.24, 2.45) is 0 Å². The highest BCUT2D eigenvalue weighted by Crippen LogP contribution is 2.31. The summed E-state index contributed by atoms with van der Waals surface area (Å²) >= 11 is 1.57. The standard InChI is InChI=1S/C20H20N6O2S/c1-12(2)23-17(27)11-28-15-5-3-4-13(8-15)19-25-16-6-7-29-18(16)20(26-19)24-14-9-21-22-10-14/h3-10,12H,11H2,1-2H3,(H,21,22)(H,23,27)(H,24,25,26). The Kier molecular flexibility index (Phi) is 5.39. The van der Waals surface area contributed by atoms with Crippen LogP contribution in [-0.2, 0) is 4.79 Å². The number of hydrogen-bond donors (Lipinski definition) is 3. The van der Waals surface area contributed by atoms with E-state index in [9.17, 15) is 4.79 Å². The van der Waals surface area contributed by atoms with E-state index in [2.05, 4.69) is 25.8 Å². The first-order valence-electron chi connectivity index (χ1n) is 9.12. The molecule has 4 aromatic rings. The minimum Gasteiger partial charge on any atom is -0.484 e. The first-order valence-corrected chi connectivity index (χ1v) is 10.00. The lowest BCUT2D eigenvalue weighted by atomic mass is 10.2. The highest BCUT2D eigenvalue weighted by molar-refractivity contribution is 7.17. The molecule has 0 aliphatic heterocycles. The van der Waals surface area contributed by atoms with Crippen LogP contribution in [0.4, 0.5) is 11.5 Å². The number of H-pyrrole nitrogens is 1. The third-order valence-corrected chi connectivity index (χ3v) is 4.89. The Morgan fingerprint density at radius 1 is 1.28 bits per heavy atom. The molecule has 0 bridgehead atoms. The van der Waals surface area contributed by atoms with Crippen molar-refractivity contribution in [3.8, 4) is 17.1 Å². The Morgan fingerprint density at radius 2 is 2.17 bits per heavy atom. The van der Waals surface area contributed by atoms with Gasteiger partial charge in [-0.1, -0.05) is 12.1 Å². The molecule has 0 saturated carbocycles. The number of benzene rings is 1. The third-order valence-electron chi connectivity index (χ3n) is 3.98. The Labute approximate surface area is 171 Å². The van der Waals surface area contributed by atoms with Crippen molar-refractivity contribution in [3.05, 3.63) is 48.1 Å². The number of aromatic nitrogens is 4. The van der Waals surface area contributed by atoms with Crippen LogP contribution < -0.4 is 15.4 Å². The van der Waals surface area contributed by atoms with Crippen molar-refractivity contribution >= 4 is 39.0 Å². The number of carbonyl (C=O) groups excluding carboxylic acids is 1. The van der Waals surface area contributed by atoms with Gasteiger partial charge in [-0.05, 0) is 37.4 Å². The van der Waals surface area contributed by atoms with E-state index in [0.29, 0.717) is 17.4 Å². The van der Waals surface area contributed by atoms with E-state index in [1.54, 1.807) is 29.8 Å². The molecule has 0 spiro atoms. The summed E-state index contributed by atoms with van der Waals surface area (Å²) in [6.07, 6.45) is 3.45. The molecule has 29 heavy (non-hydrogen) atoms. The minimum absolute atomic E-state index is 0.0423. The van der Waals surface area contributed by atoms with Crippen molar-refractivity contribution in [2.45, 2.75) is 19.9 Å². The quantitative estimate of drug-likeness (QED) is 0.430. The molecule has 0 fully saturated rings. The summed E-state index contributed by atoms with van der Waals surface area (Å²) < 4.78 is 6.59. The van der Waals surface area contributed by atoms with E-state index in [1.165, 1.54) is 0 Å². The van der Waals surface area contributed by atoms with Gasteiger partial charge in [0.2, 0.25) is 0 Å². The molecule has 4 rings (SSSR count). The molecule has 9 heteroatoms. The molecular formula is C20H20N6O2S. The number of anilines is 2. The number of amides is 1. The van der Waals surface area contributed by atoms with Gasteiger partial charge in [-0.2, -0.15) is 5.10 Å². The molecule has 0 aliphatic rings. The van der Waals surface area contributed by atoms with Crippen LogP contribution in [0.1, 0.15) is 13.8 Å². The summed E-state index contributed by atoms with van der Waals surface area (Å²) in [5.74, 6) is 1.70. The second kappa shape index (κ2) is 8.27. The van der Waals surface area contributed by atoms with Gasteiger partial charge in [0, 0.05) is 17.8 Å². The highest BCUT2D eigenvalue weighted by Gasteiger charge is 2.12. The fraction of sp³-hybridized carbons (Fsp3) is 0.200. The largest absolute Gasteiger partial charge is 0.484 e. The van der Waals surface area contributed by atoms with E-state index in [-0.39, 0.29) is 18.6 Å². The van der Waals surface area contributed by atoms with Gasteiger partial charge in [0.15, 0.2) is 18.2 Å². The van der Waals surface area contributed by atoms with Gasteiger partial charge in [-0.25, -0.2) is 9.97 Å². The molecule has 3 N–H and O–H groups in total. The molecule has 3 heterocycles. The average Bonchev–Trinajstić information content (AvgIpc) is 3.38. The summed E-state index contributed by atoms with van der Waals surface area (Å²) in [5, 5.41) is 14.8. The second-order valence-electron chi connectivity index (χ2n) is 6.68. The van der Waals surface area contributed by atoms with Crippen LogP contribution in [0.15, 0.2) is 48.1 Å². The monoisotopic (exact) mass is 408 g/mol. The Hall–Kier alpha value is -3.46. The maximum Gasteiger partial charge on any atom is 0.258 e. The van der Waals surface area contributed by atoms with Crippen LogP contribution in [-0.4, -0.2) is 38.7 Å². The van der Waals surface area contributed by atoms with Crippen LogP contribution >= 0.6 is 11.3 Å². The SMILES string of the molecule is CC(C)NC(=O)COc1cccc(-c2nc(Nc3cn[nH]c3)c3sccc3n2)c1. The number of ether oxygens (including phenoxy) is 1. The molecule has 1 amide bonds. The Balaban J connectivity index is 1.60. The number of nitrogens with one attached hydrogen (secondary N) is 3. The molecule has 148 valence electrons. The zero-order valence-electron chi connectivity index (χ0n) is 16.0. The lowest BCUT2D eigenvalue weighted by Gasteiger charge is -2.11. The van der Waals surface area contributed by atoms with Crippen LogP contribution in [0, 0.1) is 0 Å². The molecule has 0 unspecified atom stereocenters. The zero-order chi connectivity index (χ0) is 20.2. The molecule has 0 radical (unpaired) electrons. The van der Waals surface area contributed by atoms with Gasteiger partial charge in [0.25, 0.3) is 5.91 Å². The zero-order valence-corrected chi connectivity index (χ0v) is 16.8. The molecular weight excluding hydrogens is 388 g/mol. The number of rotatable bonds is 7. The summed E-state index contributed by atoms with van der Waals surface area (Å²) in [7, 11) is 0. The van der Waals surface area contributed by atoms with E-state index in [0.717, 1.165) is 21.5 Å². The first-order chi connectivity index (χ1) is 14.1. The van der Waals surface area contributed by atoms with Crippen LogP contribution in [0.5, 0.6) is 5.75 Å². The number of fused-ring (bicyclic) bond motifs is 1. The van der Waals surface area contributed by atoms with E-state index < -0.39 is 0 Å². The van der Waals surface area contributed by atoms with E-state index in [1.807, 2.05) is 43.5 Å². The predicted octanol–water partition coefficient (Wildman–Crippen LogP) is 3.73. The highest BCUT2D eigenvalue weighted by atomic mass is 32.1. The fourth-order valence-electron chi connectivity index (χ4n) is 2.77. The van der Waals surface area contributed by atoms with Crippen molar-refractivity contribution in [3.63, 3.8) is 0 Å². The first kappa shape index (κ1) is 18.9. The van der Waals surface area contributed by atoms with Crippen molar-refractivity contribution in [1.29, 1.82) is 0 Å². The molecule has 0 aliphatic carbocycles. The molecule has 1 aromatic carbocycles. The van der Waals surface area contributed by atoms with Crippen molar-refractivity contribution in [1.82, 2.24) is 25.5 Å². The summed E-state index contributed by atoms with van der Waals surface area (Å²) in [6.45, 7) is 3.77. The van der Waals surface area contributed by atoms with Gasteiger partial charge in [0.1, 0.15) is 5.75 Å². The predicted molar refractivity (Wildman–Crippen MR) is 113 cm³/mol. The molecule has 3 aromatic heterocycles. The lowest BCUT2D eigenvalue weighted by molar-refractivity contribution is -0.123. The smallest absolute Gasteiger partial charge is 0.258 e. The van der Waals surface area contributed by atoms with Crippen molar-refractivity contribution in [2.75, 3.05) is 11.9 Å². The lowest BCUT2D eigenvalue weighted by Crippen LogP contribution is -2.34. The van der Waals surface area contributed by atoms with Gasteiger partial charge in [0.05, 0.1) is 22.1 Å². The Morgan fingerprint density at radius 3 is 2.97 bits per heavy atom. The topological polar surface area (TPSA) is 105 Å². The maximum atomic E-state index is 11.8. The van der Waals surface area contributed by atoms with E-state index in [4.69, 9.17) is 9.72 Å². The Bertz CT molecular complexity index is 1120. The molecule has 0 atom stereocenters. The number of carbonyl (C=O) groups is 1. The van der Waals surface area contributed by atoms with E-state index >= 15 is 0 Å². The third kappa shape index (κ3) is 4.52. The van der Waals surface area contributed by atoms with Crippen LogP contribution in [0.2, 0.25) is 0 Å². The maximum absolute atomic E-state index is 11.8. The summed E-state index contributed by atoms with van der Waals surface area (Å²) in [6, 6.07) is 9.44. The molecule has 8 nitrogen and oxygen atoms in total. The van der Waals surface area contributed by atoms with Gasteiger partial charge in [-0.15, -0.1) is 11.3 Å². The molecule has 0 saturated heterocycles. The fourth-order valence-corrected chi connectivity index (χ4v) is 3.55. The van der Waals surface area contributed by atoms with Gasteiger partial charge in [-0.3, -0.25) is 9.89 Å². The van der Waals surface area contributed by atoms with Crippen LogP contribution in [0.3, 0.4) is 0 Å². The number of aromatic amines is 1. The summed E-state index contributed by atoms with van der Waals surface area (Å²) in [4.78, 5) is 21.2. The normalized spacial score (nSPS) is 11.0. The average molecular weight is 408 g/mol. The van der Waals surface area contributed by atoms with Gasteiger partial charge >= 0.3 is 0 Å². The minimum atomic E-state index is -0.159. The van der Waals surface area contributed by atoms with Crippen molar-refractivity contribution < 1.29 is 9.53 Å². The van der Waals surface area contributed by atoms with Gasteiger partial charge < -0.3 is 15.4 Å². The van der Waals surface area contributed by atoms with Crippen LogP contribution in [0.25, 0.3) is 21.6 Å².